The van der Waals surface area contributed by atoms with Gasteiger partial charge in [0.25, 0.3) is 5.91 Å². The number of carbonyl (C=O) groups excluding carboxylic acids is 4. The second kappa shape index (κ2) is 5.53. The molecule has 10 nitrogen and oxygen atoms in total. The Labute approximate surface area is 95.8 Å². The zero-order chi connectivity index (χ0) is 13.6. The minimum Gasteiger partial charge on any atom is -0.348 e. The SMILES string of the molecule is CC1(C)NC(=O)NC1=O.NC(=O)/N=N/C(N)=O. The molecule has 1 heterocycles. The van der Waals surface area contributed by atoms with Crippen LogP contribution in [0.3, 0.4) is 0 Å². The number of primary amides is 2. The van der Waals surface area contributed by atoms with Crippen LogP contribution in [0.25, 0.3) is 0 Å². The molecule has 0 aliphatic carbocycles. The molecule has 0 aromatic carbocycles. The number of nitrogens with two attached hydrogens (primary N) is 2. The van der Waals surface area contributed by atoms with Gasteiger partial charge in [-0.15, -0.1) is 0 Å². The van der Waals surface area contributed by atoms with Gasteiger partial charge in [-0.05, 0) is 13.8 Å². The molecule has 0 atom stereocenters. The number of amides is 7. The van der Waals surface area contributed by atoms with E-state index in [1.54, 1.807) is 13.8 Å². The van der Waals surface area contributed by atoms with Crippen molar-refractivity contribution in [2.24, 2.45) is 21.7 Å². The van der Waals surface area contributed by atoms with Gasteiger partial charge in [0.2, 0.25) is 0 Å². The highest BCUT2D eigenvalue weighted by Gasteiger charge is 2.36. The van der Waals surface area contributed by atoms with Gasteiger partial charge in [0.15, 0.2) is 0 Å². The molecule has 7 amide bonds. The number of hydrogen-bond acceptors (Lipinski definition) is 4. The lowest BCUT2D eigenvalue weighted by Gasteiger charge is -2.11. The van der Waals surface area contributed by atoms with Gasteiger partial charge in [0, 0.05) is 0 Å². The van der Waals surface area contributed by atoms with E-state index >= 15 is 0 Å². The summed E-state index contributed by atoms with van der Waals surface area (Å²) in [4.78, 5) is 40.5. The Kier molecular flexibility index (Phi) is 4.71. The summed E-state index contributed by atoms with van der Waals surface area (Å²) in [7, 11) is 0. The summed E-state index contributed by atoms with van der Waals surface area (Å²) in [5, 5.41) is 9.79. The first-order chi connectivity index (χ1) is 7.65. The largest absolute Gasteiger partial charge is 0.357 e. The summed E-state index contributed by atoms with van der Waals surface area (Å²) in [6, 6.07) is -2.49. The van der Waals surface area contributed by atoms with Crippen LogP contribution in [0.15, 0.2) is 10.2 Å². The number of imide groups is 1. The number of rotatable bonds is 0. The topological polar surface area (TPSA) is 169 Å². The third kappa shape index (κ3) is 5.81. The maximum absolute atomic E-state index is 10.7. The number of nitrogens with zero attached hydrogens (tertiary/aromatic N) is 2. The molecule has 17 heavy (non-hydrogen) atoms. The molecule has 1 saturated heterocycles. The third-order valence-electron chi connectivity index (χ3n) is 1.47. The molecule has 1 rings (SSSR count). The first-order valence-electron chi connectivity index (χ1n) is 4.29. The average Bonchev–Trinajstić information content (AvgIpc) is 2.36. The molecule has 1 aliphatic rings. The molecule has 0 aromatic heterocycles. The van der Waals surface area contributed by atoms with Crippen LogP contribution >= 0.6 is 0 Å². The highest BCUT2D eigenvalue weighted by Crippen LogP contribution is 2.05. The van der Waals surface area contributed by atoms with Gasteiger partial charge >= 0.3 is 18.1 Å². The molecule has 0 aromatic rings. The van der Waals surface area contributed by atoms with Gasteiger partial charge in [0.05, 0.1) is 0 Å². The molecule has 1 fully saturated rings. The minimum atomic E-state index is -1.04. The van der Waals surface area contributed by atoms with Crippen molar-refractivity contribution < 1.29 is 19.2 Å². The summed E-state index contributed by atoms with van der Waals surface area (Å²) in [5.41, 5.74) is 8.14. The molecule has 0 bridgehead atoms. The standard InChI is InChI=1S/C5H8N2O2.C2H4N4O2/c1-5(2)3(8)6-4(9)7-5;3-1(7)5-6-2(4)8/h1-2H3,(H2,6,7,8,9);(H2,3,7)(H2,4,8)/b;6-5+. The monoisotopic (exact) mass is 244 g/mol. The molecular weight excluding hydrogens is 232 g/mol. The van der Waals surface area contributed by atoms with Gasteiger partial charge in [-0.2, -0.15) is 0 Å². The lowest BCUT2D eigenvalue weighted by molar-refractivity contribution is -0.122. The van der Waals surface area contributed by atoms with Crippen LogP contribution in [-0.4, -0.2) is 29.5 Å². The highest BCUT2D eigenvalue weighted by molar-refractivity contribution is 6.06. The first kappa shape index (κ1) is 14.5. The quantitative estimate of drug-likeness (QED) is 0.323. The summed E-state index contributed by atoms with van der Waals surface area (Å²) in [6.45, 7) is 3.29. The zero-order valence-electron chi connectivity index (χ0n) is 9.18. The smallest absolute Gasteiger partial charge is 0.348 e. The molecule has 10 heteroatoms. The number of hydrogen-bond donors (Lipinski definition) is 4. The summed E-state index contributed by atoms with van der Waals surface area (Å²) < 4.78 is 0. The molecule has 0 radical (unpaired) electrons. The van der Waals surface area contributed by atoms with E-state index in [2.05, 4.69) is 32.3 Å². The van der Waals surface area contributed by atoms with E-state index in [9.17, 15) is 19.2 Å². The van der Waals surface area contributed by atoms with Crippen LogP contribution in [0.5, 0.6) is 0 Å². The molecule has 0 unspecified atom stereocenters. The minimum absolute atomic E-state index is 0.271. The van der Waals surface area contributed by atoms with Crippen LogP contribution in [0.2, 0.25) is 0 Å². The zero-order valence-corrected chi connectivity index (χ0v) is 9.18. The fraction of sp³-hybridized carbons (Fsp3) is 0.429. The fourth-order valence-electron chi connectivity index (χ4n) is 0.730. The average molecular weight is 244 g/mol. The number of urea groups is 3. The molecule has 1 aliphatic heterocycles. The Morgan fingerprint density at radius 2 is 1.53 bits per heavy atom. The lowest BCUT2D eigenvalue weighted by atomic mass is 10.1. The van der Waals surface area contributed by atoms with Crippen LogP contribution < -0.4 is 22.1 Å². The van der Waals surface area contributed by atoms with Crippen molar-refractivity contribution in [3.05, 3.63) is 0 Å². The number of nitrogens with one attached hydrogen (secondary N) is 2. The summed E-state index contributed by atoms with van der Waals surface area (Å²) in [6.07, 6.45) is 0. The van der Waals surface area contributed by atoms with Crippen molar-refractivity contribution in [3.8, 4) is 0 Å². The van der Waals surface area contributed by atoms with Crippen molar-refractivity contribution in [3.63, 3.8) is 0 Å². The Morgan fingerprint density at radius 3 is 1.65 bits per heavy atom. The van der Waals surface area contributed by atoms with Crippen molar-refractivity contribution in [1.82, 2.24) is 10.6 Å². The van der Waals surface area contributed by atoms with Gasteiger partial charge < -0.3 is 16.8 Å². The van der Waals surface area contributed by atoms with Gasteiger partial charge in [0.1, 0.15) is 5.54 Å². The normalized spacial score (nSPS) is 16.8. The predicted octanol–water partition coefficient (Wildman–Crippen LogP) is -0.800. The van der Waals surface area contributed by atoms with E-state index in [-0.39, 0.29) is 5.91 Å². The Balaban J connectivity index is 0.000000304. The number of carbonyl (C=O) groups is 4. The van der Waals surface area contributed by atoms with Gasteiger partial charge in [-0.3, -0.25) is 10.1 Å². The van der Waals surface area contributed by atoms with Crippen LogP contribution in [0.4, 0.5) is 14.4 Å². The maximum atomic E-state index is 10.7. The fourth-order valence-corrected chi connectivity index (χ4v) is 0.730. The van der Waals surface area contributed by atoms with Crippen molar-refractivity contribution >= 4 is 24.0 Å². The second-order valence-corrected chi connectivity index (χ2v) is 3.41. The van der Waals surface area contributed by atoms with Crippen LogP contribution in [-0.2, 0) is 4.79 Å². The van der Waals surface area contributed by atoms with E-state index in [0.717, 1.165) is 0 Å². The molecule has 6 N–H and O–H groups in total. The molecule has 94 valence electrons. The Bertz CT molecular complexity index is 372. The molecule has 0 saturated carbocycles. The van der Waals surface area contributed by atoms with Crippen molar-refractivity contribution in [2.45, 2.75) is 19.4 Å². The summed E-state index contributed by atoms with van der Waals surface area (Å²) >= 11 is 0. The predicted molar refractivity (Wildman–Crippen MR) is 54.8 cm³/mol. The summed E-state index contributed by atoms with van der Waals surface area (Å²) in [5.74, 6) is -0.271. The maximum Gasteiger partial charge on any atom is 0.357 e. The third-order valence-corrected chi connectivity index (χ3v) is 1.47. The number of azo groups is 1. The highest BCUT2D eigenvalue weighted by atomic mass is 16.2. The Hall–Kier alpha value is -2.52. The van der Waals surface area contributed by atoms with E-state index in [4.69, 9.17) is 0 Å². The van der Waals surface area contributed by atoms with Crippen LogP contribution in [0.1, 0.15) is 13.8 Å². The van der Waals surface area contributed by atoms with Crippen LogP contribution in [0, 0.1) is 0 Å². The second-order valence-electron chi connectivity index (χ2n) is 3.41. The van der Waals surface area contributed by atoms with E-state index in [0.29, 0.717) is 0 Å². The van der Waals surface area contributed by atoms with Crippen molar-refractivity contribution in [1.29, 1.82) is 0 Å². The molecule has 0 spiro atoms. The van der Waals surface area contributed by atoms with E-state index in [1.807, 2.05) is 0 Å². The Morgan fingerprint density at radius 1 is 1.12 bits per heavy atom. The lowest BCUT2D eigenvalue weighted by Crippen LogP contribution is -2.39. The van der Waals surface area contributed by atoms with E-state index in [1.165, 1.54) is 0 Å². The van der Waals surface area contributed by atoms with Gasteiger partial charge in [-0.25, -0.2) is 14.4 Å². The van der Waals surface area contributed by atoms with Gasteiger partial charge in [-0.1, -0.05) is 10.2 Å². The molecular formula is C7H12N6O4. The van der Waals surface area contributed by atoms with E-state index < -0.39 is 23.6 Å². The van der Waals surface area contributed by atoms with Crippen molar-refractivity contribution in [2.75, 3.05) is 0 Å². The first-order valence-corrected chi connectivity index (χ1v) is 4.29.